The first kappa shape index (κ1) is 10.6. The molecule has 0 amide bonds. The molecule has 0 bridgehead atoms. The van der Waals surface area contributed by atoms with E-state index in [0.29, 0.717) is 11.6 Å². The summed E-state index contributed by atoms with van der Waals surface area (Å²) in [5.74, 6) is 0. The van der Waals surface area contributed by atoms with Crippen molar-refractivity contribution >= 4 is 33.2 Å². The summed E-state index contributed by atoms with van der Waals surface area (Å²) in [5.41, 5.74) is 2.23. The number of aromatic nitrogens is 1. The van der Waals surface area contributed by atoms with E-state index in [4.69, 9.17) is 11.6 Å². The Morgan fingerprint density at radius 1 is 1.60 bits per heavy atom. The summed E-state index contributed by atoms with van der Waals surface area (Å²) < 4.78 is 1.22. The van der Waals surface area contributed by atoms with Crippen molar-refractivity contribution in [3.8, 4) is 0 Å². The van der Waals surface area contributed by atoms with Gasteiger partial charge in [0.1, 0.15) is 0 Å². The smallest absolute Gasteiger partial charge is 0.0809 e. The van der Waals surface area contributed by atoms with Crippen LogP contribution in [0, 0.1) is 0 Å². The number of nitrogens with zero attached hydrogens (tertiary/aromatic N) is 1. The highest BCUT2D eigenvalue weighted by Gasteiger charge is 1.98. The van der Waals surface area contributed by atoms with Crippen LogP contribution in [0.1, 0.15) is 5.56 Å². The molecule has 0 aliphatic heterocycles. The van der Waals surface area contributed by atoms with Crippen molar-refractivity contribution in [2.24, 2.45) is 0 Å². The fraction of sp³-hybridized carbons (Fsp3) is 0.182. The van der Waals surface area contributed by atoms with Crippen molar-refractivity contribution in [3.05, 3.63) is 40.9 Å². The van der Waals surface area contributed by atoms with Crippen molar-refractivity contribution in [1.82, 2.24) is 10.3 Å². The summed E-state index contributed by atoms with van der Waals surface area (Å²) in [4.78, 5) is 4.35. The third kappa shape index (κ3) is 2.78. The first-order chi connectivity index (χ1) is 7.25. The average Bonchev–Trinajstić information content (AvgIpc) is 2.64. The van der Waals surface area contributed by atoms with Crippen LogP contribution in [0.4, 0.5) is 0 Å². The van der Waals surface area contributed by atoms with Gasteiger partial charge in [0.05, 0.1) is 10.2 Å². The Morgan fingerprint density at radius 3 is 3.27 bits per heavy atom. The molecule has 1 N–H and O–H groups in total. The first-order valence-corrected chi connectivity index (χ1v) is 5.87. The van der Waals surface area contributed by atoms with Crippen LogP contribution < -0.4 is 5.32 Å². The summed E-state index contributed by atoms with van der Waals surface area (Å²) in [6, 6.07) is 4.18. The molecule has 0 spiro atoms. The second-order valence-electron chi connectivity index (χ2n) is 3.27. The van der Waals surface area contributed by atoms with Crippen LogP contribution in [0.2, 0.25) is 0 Å². The van der Waals surface area contributed by atoms with Crippen molar-refractivity contribution < 1.29 is 0 Å². The zero-order chi connectivity index (χ0) is 10.7. The van der Waals surface area contributed by atoms with E-state index < -0.39 is 0 Å². The summed E-state index contributed by atoms with van der Waals surface area (Å²) in [6.45, 7) is 5.02. The fourth-order valence-electron chi connectivity index (χ4n) is 1.33. The molecular weight excluding hydrogens is 228 g/mol. The number of pyridine rings is 1. The average molecular weight is 239 g/mol. The van der Waals surface area contributed by atoms with Crippen LogP contribution in [0.3, 0.4) is 0 Å². The Bertz CT molecular complexity index is 478. The molecule has 0 aromatic carbocycles. The van der Waals surface area contributed by atoms with Crippen LogP contribution in [0.5, 0.6) is 0 Å². The quantitative estimate of drug-likeness (QED) is 0.885. The molecule has 2 nitrogen and oxygen atoms in total. The molecule has 0 saturated heterocycles. The maximum atomic E-state index is 5.65. The number of thiophene rings is 1. The first-order valence-electron chi connectivity index (χ1n) is 4.62. The lowest BCUT2D eigenvalue weighted by atomic mass is 10.2. The number of rotatable bonds is 4. The number of hydrogen-bond donors (Lipinski definition) is 1. The Balaban J connectivity index is 2.04. The van der Waals surface area contributed by atoms with Gasteiger partial charge in [0, 0.05) is 24.3 Å². The molecule has 2 rings (SSSR count). The molecule has 78 valence electrons. The number of hydrogen-bond acceptors (Lipinski definition) is 3. The van der Waals surface area contributed by atoms with Gasteiger partial charge in [-0.1, -0.05) is 18.2 Å². The van der Waals surface area contributed by atoms with Gasteiger partial charge in [-0.25, -0.2) is 0 Å². The van der Waals surface area contributed by atoms with Gasteiger partial charge in [-0.05, 0) is 23.1 Å². The minimum absolute atomic E-state index is 0.625. The van der Waals surface area contributed by atoms with E-state index >= 15 is 0 Å². The van der Waals surface area contributed by atoms with E-state index in [1.54, 1.807) is 11.3 Å². The Kier molecular flexibility index (Phi) is 3.36. The Labute approximate surface area is 97.6 Å². The van der Waals surface area contributed by atoms with Crippen molar-refractivity contribution in [2.45, 2.75) is 6.54 Å². The van der Waals surface area contributed by atoms with Gasteiger partial charge < -0.3 is 5.32 Å². The highest BCUT2D eigenvalue weighted by molar-refractivity contribution is 7.17. The van der Waals surface area contributed by atoms with Gasteiger partial charge in [-0.2, -0.15) is 0 Å². The molecule has 0 aliphatic carbocycles. The van der Waals surface area contributed by atoms with Gasteiger partial charge >= 0.3 is 0 Å². The third-order valence-electron chi connectivity index (χ3n) is 2.01. The molecule has 0 radical (unpaired) electrons. The van der Waals surface area contributed by atoms with Crippen LogP contribution in [-0.2, 0) is 6.54 Å². The van der Waals surface area contributed by atoms with E-state index in [1.165, 1.54) is 10.3 Å². The van der Waals surface area contributed by atoms with Crippen molar-refractivity contribution in [2.75, 3.05) is 6.54 Å². The maximum absolute atomic E-state index is 5.65. The van der Waals surface area contributed by atoms with Crippen LogP contribution in [0.15, 0.2) is 35.3 Å². The Hall–Kier alpha value is -0.900. The van der Waals surface area contributed by atoms with Crippen molar-refractivity contribution in [3.63, 3.8) is 0 Å². The second-order valence-corrected chi connectivity index (χ2v) is 4.75. The van der Waals surface area contributed by atoms with E-state index in [1.807, 2.05) is 12.3 Å². The minimum atomic E-state index is 0.625. The Morgan fingerprint density at radius 2 is 2.47 bits per heavy atom. The summed E-state index contributed by atoms with van der Waals surface area (Å²) in [6.07, 6.45) is 1.89. The molecule has 2 aromatic heterocycles. The molecule has 0 aliphatic rings. The van der Waals surface area contributed by atoms with Gasteiger partial charge in [-0.15, -0.1) is 11.3 Å². The zero-order valence-corrected chi connectivity index (χ0v) is 9.74. The van der Waals surface area contributed by atoms with E-state index in [9.17, 15) is 0 Å². The normalized spacial score (nSPS) is 10.7. The summed E-state index contributed by atoms with van der Waals surface area (Å²) >= 11 is 7.36. The molecule has 2 aromatic rings. The van der Waals surface area contributed by atoms with Crippen LogP contribution >= 0.6 is 22.9 Å². The predicted octanol–water partition coefficient (Wildman–Crippen LogP) is 3.14. The lowest BCUT2D eigenvalue weighted by Gasteiger charge is -2.02. The van der Waals surface area contributed by atoms with E-state index in [0.717, 1.165) is 12.1 Å². The second kappa shape index (κ2) is 4.75. The standard InChI is InChI=1S/C11H11ClN2S/c1-8(12)5-13-6-9-4-11-10(14-7-9)2-3-15-11/h2-4,7,13H,1,5-6H2. The molecule has 0 unspecified atom stereocenters. The highest BCUT2D eigenvalue weighted by Crippen LogP contribution is 2.19. The topological polar surface area (TPSA) is 24.9 Å². The zero-order valence-electron chi connectivity index (χ0n) is 8.16. The summed E-state index contributed by atoms with van der Waals surface area (Å²) in [5, 5.41) is 5.87. The SMILES string of the molecule is C=C(Cl)CNCc1cnc2ccsc2c1. The third-order valence-corrected chi connectivity index (χ3v) is 2.99. The fourth-order valence-corrected chi connectivity index (χ4v) is 2.23. The highest BCUT2D eigenvalue weighted by atomic mass is 35.5. The molecule has 2 heterocycles. The summed E-state index contributed by atoms with van der Waals surface area (Å²) in [7, 11) is 0. The van der Waals surface area contributed by atoms with E-state index in [2.05, 4.69) is 28.3 Å². The lowest BCUT2D eigenvalue weighted by molar-refractivity contribution is 0.753. The van der Waals surface area contributed by atoms with Gasteiger partial charge in [0.15, 0.2) is 0 Å². The number of nitrogens with one attached hydrogen (secondary N) is 1. The predicted molar refractivity (Wildman–Crippen MR) is 66.3 cm³/mol. The molecule has 0 saturated carbocycles. The molecule has 15 heavy (non-hydrogen) atoms. The van der Waals surface area contributed by atoms with E-state index in [-0.39, 0.29) is 0 Å². The maximum Gasteiger partial charge on any atom is 0.0809 e. The largest absolute Gasteiger partial charge is 0.308 e. The van der Waals surface area contributed by atoms with Gasteiger partial charge in [0.25, 0.3) is 0 Å². The molecular formula is C11H11ClN2S. The van der Waals surface area contributed by atoms with Gasteiger partial charge in [0.2, 0.25) is 0 Å². The number of halogens is 1. The minimum Gasteiger partial charge on any atom is -0.308 e. The molecule has 4 heteroatoms. The lowest BCUT2D eigenvalue weighted by Crippen LogP contribution is -2.14. The monoisotopic (exact) mass is 238 g/mol. The molecule has 0 atom stereocenters. The number of fused-ring (bicyclic) bond motifs is 1. The van der Waals surface area contributed by atoms with Gasteiger partial charge in [-0.3, -0.25) is 4.98 Å². The van der Waals surface area contributed by atoms with Crippen molar-refractivity contribution in [1.29, 1.82) is 0 Å². The van der Waals surface area contributed by atoms with Crippen LogP contribution in [-0.4, -0.2) is 11.5 Å². The molecule has 0 fully saturated rings. The van der Waals surface area contributed by atoms with Crippen LogP contribution in [0.25, 0.3) is 10.2 Å².